The van der Waals surface area contributed by atoms with E-state index in [0.717, 1.165) is 18.2 Å². The van der Waals surface area contributed by atoms with Crippen LogP contribution in [-0.4, -0.2) is 16.5 Å². The molecule has 0 amide bonds. The van der Waals surface area contributed by atoms with Crippen molar-refractivity contribution in [1.29, 1.82) is 0 Å². The highest BCUT2D eigenvalue weighted by molar-refractivity contribution is 9.09. The minimum Gasteiger partial charge on any atom is -0.389 e. The Morgan fingerprint density at radius 3 is 2.70 bits per heavy atom. The highest BCUT2D eigenvalue weighted by Gasteiger charge is 1.92. The zero-order chi connectivity index (χ0) is 7.98. The molecule has 0 aliphatic rings. The minimum atomic E-state index is -0.296. The second-order valence-corrected chi connectivity index (χ2v) is 3.34. The molecule has 10 heavy (non-hydrogen) atoms. The maximum Gasteiger partial charge on any atom is 0.0695 e. The molecule has 0 aliphatic carbocycles. The molecule has 2 heteroatoms. The number of rotatable bonds is 4. The third-order valence-electron chi connectivity index (χ3n) is 1.23. The summed E-state index contributed by atoms with van der Waals surface area (Å²) in [6, 6.07) is 0. The molecule has 0 saturated heterocycles. The molecule has 60 valence electrons. The molecular weight excluding hydrogens is 192 g/mol. The summed E-state index contributed by atoms with van der Waals surface area (Å²) < 4.78 is 0. The molecule has 0 aromatic rings. The van der Waals surface area contributed by atoms with Gasteiger partial charge in [-0.3, -0.25) is 0 Å². The summed E-state index contributed by atoms with van der Waals surface area (Å²) in [5, 5.41) is 9.97. The van der Waals surface area contributed by atoms with Crippen molar-refractivity contribution in [2.45, 2.75) is 32.8 Å². The average Bonchev–Trinajstić information content (AvgIpc) is 1.82. The van der Waals surface area contributed by atoms with Crippen LogP contribution in [0.15, 0.2) is 11.6 Å². The molecule has 0 heterocycles. The second kappa shape index (κ2) is 5.93. The maximum atomic E-state index is 8.93. The number of hydrogen-bond acceptors (Lipinski definition) is 1. The zero-order valence-corrected chi connectivity index (χ0v) is 8.19. The smallest absolute Gasteiger partial charge is 0.0695 e. The first kappa shape index (κ1) is 10.2. The van der Waals surface area contributed by atoms with Crippen LogP contribution in [0.1, 0.15) is 26.7 Å². The van der Waals surface area contributed by atoms with Crippen LogP contribution in [0.4, 0.5) is 0 Å². The van der Waals surface area contributed by atoms with E-state index in [4.69, 9.17) is 5.11 Å². The molecule has 0 aromatic heterocycles. The molecule has 0 fully saturated rings. The molecule has 0 saturated carbocycles. The van der Waals surface area contributed by atoms with Gasteiger partial charge < -0.3 is 5.11 Å². The van der Waals surface area contributed by atoms with Crippen LogP contribution >= 0.6 is 15.9 Å². The van der Waals surface area contributed by atoms with Crippen molar-refractivity contribution >= 4 is 15.9 Å². The molecule has 1 nitrogen and oxygen atoms in total. The number of hydrogen-bond donors (Lipinski definition) is 1. The zero-order valence-electron chi connectivity index (χ0n) is 6.60. The first-order valence-electron chi connectivity index (χ1n) is 3.58. The summed E-state index contributed by atoms with van der Waals surface area (Å²) >= 11 is 3.35. The van der Waals surface area contributed by atoms with Crippen molar-refractivity contribution in [3.05, 3.63) is 11.6 Å². The van der Waals surface area contributed by atoms with Gasteiger partial charge in [-0.2, -0.15) is 0 Å². The quantitative estimate of drug-likeness (QED) is 0.554. The topological polar surface area (TPSA) is 20.2 Å². The summed E-state index contributed by atoms with van der Waals surface area (Å²) in [5.41, 5.74) is 1.27. The lowest BCUT2D eigenvalue weighted by molar-refractivity contribution is 0.243. The van der Waals surface area contributed by atoms with Crippen LogP contribution in [-0.2, 0) is 0 Å². The highest BCUT2D eigenvalue weighted by atomic mass is 79.9. The lowest BCUT2D eigenvalue weighted by Crippen LogP contribution is -1.94. The van der Waals surface area contributed by atoms with E-state index >= 15 is 0 Å². The van der Waals surface area contributed by atoms with Crippen LogP contribution in [0.5, 0.6) is 0 Å². The van der Waals surface area contributed by atoms with Gasteiger partial charge in [0, 0.05) is 5.33 Å². The Balaban J connectivity index is 3.49. The Morgan fingerprint density at radius 2 is 2.30 bits per heavy atom. The van der Waals surface area contributed by atoms with Crippen molar-refractivity contribution in [3.63, 3.8) is 0 Å². The lowest BCUT2D eigenvalue weighted by atomic mass is 10.1. The summed E-state index contributed by atoms with van der Waals surface area (Å²) in [7, 11) is 0. The summed E-state index contributed by atoms with van der Waals surface area (Å²) in [4.78, 5) is 0. The van der Waals surface area contributed by atoms with E-state index in [-0.39, 0.29) is 6.10 Å². The van der Waals surface area contributed by atoms with Gasteiger partial charge in [-0.1, -0.05) is 27.6 Å². The third-order valence-corrected chi connectivity index (χ3v) is 1.79. The maximum absolute atomic E-state index is 8.93. The summed E-state index contributed by atoms with van der Waals surface area (Å²) in [5.74, 6) is 0. The minimum absolute atomic E-state index is 0.296. The van der Waals surface area contributed by atoms with Gasteiger partial charge in [0.05, 0.1) is 6.10 Å². The van der Waals surface area contributed by atoms with E-state index in [0.29, 0.717) is 0 Å². The van der Waals surface area contributed by atoms with Crippen molar-refractivity contribution in [1.82, 2.24) is 0 Å². The van der Waals surface area contributed by atoms with Crippen LogP contribution in [0.2, 0.25) is 0 Å². The van der Waals surface area contributed by atoms with E-state index in [2.05, 4.69) is 22.9 Å². The molecule has 0 spiro atoms. The molecule has 1 unspecified atom stereocenters. The fraction of sp³-hybridized carbons (Fsp3) is 0.750. The average molecular weight is 207 g/mol. The van der Waals surface area contributed by atoms with Gasteiger partial charge in [-0.25, -0.2) is 0 Å². The first-order valence-corrected chi connectivity index (χ1v) is 4.70. The lowest BCUT2D eigenvalue weighted by Gasteiger charge is -2.00. The van der Waals surface area contributed by atoms with Crippen molar-refractivity contribution in [2.75, 3.05) is 5.33 Å². The Bertz CT molecular complexity index is 108. The van der Waals surface area contributed by atoms with Gasteiger partial charge in [0.1, 0.15) is 0 Å². The molecule has 1 N–H and O–H groups in total. The molecule has 0 radical (unpaired) electrons. The van der Waals surface area contributed by atoms with Crippen LogP contribution < -0.4 is 0 Å². The van der Waals surface area contributed by atoms with Gasteiger partial charge in [-0.15, -0.1) is 0 Å². The SMILES string of the molecule is CC(=CC(C)O)CCCBr. The monoisotopic (exact) mass is 206 g/mol. The van der Waals surface area contributed by atoms with E-state index in [9.17, 15) is 0 Å². The summed E-state index contributed by atoms with van der Waals surface area (Å²) in [6.45, 7) is 3.83. The number of allylic oxidation sites excluding steroid dienone is 1. The van der Waals surface area contributed by atoms with Crippen molar-refractivity contribution in [3.8, 4) is 0 Å². The number of alkyl halides is 1. The van der Waals surface area contributed by atoms with Crippen molar-refractivity contribution in [2.24, 2.45) is 0 Å². The second-order valence-electron chi connectivity index (χ2n) is 2.55. The fourth-order valence-corrected chi connectivity index (χ4v) is 1.12. The van der Waals surface area contributed by atoms with Crippen LogP contribution in [0.3, 0.4) is 0 Å². The standard InChI is InChI=1S/C8H15BrO/c1-7(4-3-5-9)6-8(2)10/h6,8,10H,3-5H2,1-2H3. The number of aliphatic hydroxyl groups excluding tert-OH is 1. The van der Waals surface area contributed by atoms with E-state index < -0.39 is 0 Å². The molecular formula is C8H15BrO. The van der Waals surface area contributed by atoms with Crippen LogP contribution in [0, 0.1) is 0 Å². The molecule has 0 aromatic carbocycles. The van der Waals surface area contributed by atoms with Crippen LogP contribution in [0.25, 0.3) is 0 Å². The van der Waals surface area contributed by atoms with Gasteiger partial charge >= 0.3 is 0 Å². The van der Waals surface area contributed by atoms with E-state index in [1.807, 2.05) is 6.08 Å². The molecule has 1 atom stereocenters. The predicted molar refractivity (Wildman–Crippen MR) is 48.5 cm³/mol. The number of aliphatic hydroxyl groups is 1. The van der Waals surface area contributed by atoms with E-state index in [1.54, 1.807) is 6.92 Å². The number of halogens is 1. The normalized spacial score (nSPS) is 15.4. The molecule has 0 bridgehead atoms. The molecule has 0 aliphatic heterocycles. The van der Waals surface area contributed by atoms with Crippen molar-refractivity contribution < 1.29 is 5.11 Å². The Kier molecular flexibility index (Phi) is 6.03. The van der Waals surface area contributed by atoms with Gasteiger partial charge in [0.2, 0.25) is 0 Å². The Hall–Kier alpha value is 0.180. The van der Waals surface area contributed by atoms with Gasteiger partial charge in [0.25, 0.3) is 0 Å². The predicted octanol–water partition coefficient (Wildman–Crippen LogP) is 2.49. The fourth-order valence-electron chi connectivity index (χ4n) is 0.841. The largest absolute Gasteiger partial charge is 0.389 e. The Labute approximate surface area is 71.3 Å². The van der Waals surface area contributed by atoms with Gasteiger partial charge in [-0.05, 0) is 26.7 Å². The first-order chi connectivity index (χ1) is 4.66. The highest BCUT2D eigenvalue weighted by Crippen LogP contribution is 2.06. The third kappa shape index (κ3) is 6.30. The van der Waals surface area contributed by atoms with Gasteiger partial charge in [0.15, 0.2) is 0 Å². The van der Waals surface area contributed by atoms with E-state index in [1.165, 1.54) is 5.57 Å². The Morgan fingerprint density at radius 1 is 1.70 bits per heavy atom. The summed E-state index contributed by atoms with van der Waals surface area (Å²) in [6.07, 6.45) is 3.82. The molecule has 0 rings (SSSR count).